The van der Waals surface area contributed by atoms with E-state index < -0.39 is 12.0 Å². The van der Waals surface area contributed by atoms with Gasteiger partial charge in [0.15, 0.2) is 6.10 Å². The van der Waals surface area contributed by atoms with E-state index in [2.05, 4.69) is 10.5 Å². The number of nitrogens with one attached hydrogen (secondary N) is 1. The van der Waals surface area contributed by atoms with Gasteiger partial charge in [0.05, 0.1) is 12.8 Å². The minimum absolute atomic E-state index is 0.530. The topological polar surface area (TPSA) is 70.9 Å². The molecule has 0 saturated carbocycles. The summed E-state index contributed by atoms with van der Waals surface area (Å²) < 4.78 is 5.34. The Labute approximate surface area is 123 Å². The average Bonchev–Trinajstić information content (AvgIpc) is 3.00. The van der Waals surface area contributed by atoms with Crippen molar-refractivity contribution in [3.63, 3.8) is 0 Å². The van der Waals surface area contributed by atoms with Crippen molar-refractivity contribution in [3.05, 3.63) is 59.4 Å². The molecule has 0 fully saturated rings. The van der Waals surface area contributed by atoms with Crippen LogP contribution in [0.15, 0.2) is 58.9 Å². The molecule has 0 spiro atoms. The van der Waals surface area contributed by atoms with Crippen molar-refractivity contribution in [1.82, 2.24) is 5.43 Å². The first-order valence-corrected chi connectivity index (χ1v) is 6.74. The van der Waals surface area contributed by atoms with Crippen LogP contribution in [0.25, 0.3) is 0 Å². The standard InChI is InChI=1S/C16H18N2O3/c1-12(10-14-8-5-9-21-14)11-17-18-16(20)15(19)13-6-3-2-4-7-13/h2-4,6-8,10-11,15,19H,5,9H2,1H3,(H,18,20)/b12-10+,17-11+. The fourth-order valence-electron chi connectivity index (χ4n) is 1.84. The number of hydrazone groups is 1. The van der Waals surface area contributed by atoms with E-state index in [1.807, 2.05) is 25.1 Å². The molecule has 21 heavy (non-hydrogen) atoms. The summed E-state index contributed by atoms with van der Waals surface area (Å²) in [6.45, 7) is 2.56. The van der Waals surface area contributed by atoms with Crippen LogP contribution in [0.3, 0.4) is 0 Å². The van der Waals surface area contributed by atoms with E-state index >= 15 is 0 Å². The molecule has 5 heteroatoms. The molecule has 0 aromatic heterocycles. The third-order valence-electron chi connectivity index (χ3n) is 2.91. The van der Waals surface area contributed by atoms with Gasteiger partial charge in [-0.05, 0) is 30.2 Å². The molecule has 1 unspecified atom stereocenters. The number of benzene rings is 1. The molecule has 1 atom stereocenters. The van der Waals surface area contributed by atoms with Gasteiger partial charge in [0.1, 0.15) is 5.76 Å². The Kier molecular flexibility index (Phi) is 5.29. The third kappa shape index (κ3) is 4.57. The zero-order chi connectivity index (χ0) is 15.1. The number of aliphatic hydroxyl groups excluding tert-OH is 1. The molecule has 2 rings (SSSR count). The number of ether oxygens (including phenoxy) is 1. The van der Waals surface area contributed by atoms with Crippen LogP contribution in [0.2, 0.25) is 0 Å². The highest BCUT2D eigenvalue weighted by Gasteiger charge is 2.15. The number of allylic oxidation sites excluding steroid dienone is 2. The van der Waals surface area contributed by atoms with Crippen LogP contribution in [0.4, 0.5) is 0 Å². The molecule has 1 aliphatic rings. The number of hydrogen-bond acceptors (Lipinski definition) is 4. The maximum Gasteiger partial charge on any atom is 0.273 e. The molecule has 0 saturated heterocycles. The van der Waals surface area contributed by atoms with Crippen LogP contribution in [0, 0.1) is 0 Å². The molecule has 2 N–H and O–H groups in total. The minimum atomic E-state index is -1.23. The van der Waals surface area contributed by atoms with E-state index in [9.17, 15) is 9.90 Å². The van der Waals surface area contributed by atoms with Crippen molar-refractivity contribution in [3.8, 4) is 0 Å². The van der Waals surface area contributed by atoms with Crippen LogP contribution in [0.1, 0.15) is 25.0 Å². The fraction of sp³-hybridized carbons (Fsp3) is 0.250. The first kappa shape index (κ1) is 15.0. The Hall–Kier alpha value is -2.40. The molecule has 0 bridgehead atoms. The lowest BCUT2D eigenvalue weighted by Crippen LogP contribution is -2.25. The van der Waals surface area contributed by atoms with Gasteiger partial charge in [-0.15, -0.1) is 0 Å². The van der Waals surface area contributed by atoms with Gasteiger partial charge in [-0.2, -0.15) is 5.10 Å². The number of rotatable bonds is 5. The second kappa shape index (κ2) is 7.40. The Morgan fingerprint density at radius 3 is 2.86 bits per heavy atom. The quantitative estimate of drug-likeness (QED) is 0.643. The zero-order valence-electron chi connectivity index (χ0n) is 11.8. The molecule has 1 aromatic rings. The van der Waals surface area contributed by atoms with Crippen LogP contribution < -0.4 is 5.43 Å². The number of amides is 1. The van der Waals surface area contributed by atoms with Crippen molar-refractivity contribution < 1.29 is 14.6 Å². The number of carbonyl (C=O) groups is 1. The SMILES string of the molecule is CC(/C=N/NC(=O)C(O)c1ccccc1)=C\C1=CCCO1. The summed E-state index contributed by atoms with van der Waals surface area (Å²) in [4.78, 5) is 11.7. The van der Waals surface area contributed by atoms with E-state index in [1.165, 1.54) is 6.21 Å². The highest BCUT2D eigenvalue weighted by Crippen LogP contribution is 2.12. The van der Waals surface area contributed by atoms with E-state index in [4.69, 9.17) is 4.74 Å². The smallest absolute Gasteiger partial charge is 0.273 e. The van der Waals surface area contributed by atoms with Crippen LogP contribution in [-0.2, 0) is 9.53 Å². The number of hydrogen-bond donors (Lipinski definition) is 2. The van der Waals surface area contributed by atoms with E-state index in [1.54, 1.807) is 24.3 Å². The lowest BCUT2D eigenvalue weighted by Gasteiger charge is -2.08. The van der Waals surface area contributed by atoms with Crippen molar-refractivity contribution in [2.45, 2.75) is 19.4 Å². The van der Waals surface area contributed by atoms with Crippen molar-refractivity contribution >= 4 is 12.1 Å². The van der Waals surface area contributed by atoms with Gasteiger partial charge < -0.3 is 9.84 Å². The second-order valence-corrected chi connectivity index (χ2v) is 4.68. The summed E-state index contributed by atoms with van der Waals surface area (Å²) in [5, 5.41) is 13.7. The van der Waals surface area contributed by atoms with E-state index in [-0.39, 0.29) is 0 Å². The lowest BCUT2D eigenvalue weighted by atomic mass is 10.1. The molecule has 0 aliphatic carbocycles. The number of carbonyl (C=O) groups excluding carboxylic acids is 1. The predicted molar refractivity (Wildman–Crippen MR) is 80.4 cm³/mol. The second-order valence-electron chi connectivity index (χ2n) is 4.68. The van der Waals surface area contributed by atoms with E-state index in [0.717, 1.165) is 17.8 Å². The molecule has 1 aliphatic heterocycles. The zero-order valence-corrected chi connectivity index (χ0v) is 11.8. The van der Waals surface area contributed by atoms with Crippen LogP contribution in [0.5, 0.6) is 0 Å². The Morgan fingerprint density at radius 2 is 2.19 bits per heavy atom. The summed E-state index contributed by atoms with van der Waals surface area (Å²) in [6, 6.07) is 8.71. The predicted octanol–water partition coefficient (Wildman–Crippen LogP) is 2.07. The molecule has 110 valence electrons. The van der Waals surface area contributed by atoms with Gasteiger partial charge in [-0.1, -0.05) is 30.3 Å². The van der Waals surface area contributed by atoms with Gasteiger partial charge in [-0.25, -0.2) is 5.43 Å². The first-order chi connectivity index (χ1) is 10.2. The van der Waals surface area contributed by atoms with Gasteiger partial charge in [-0.3, -0.25) is 4.79 Å². The van der Waals surface area contributed by atoms with Crippen LogP contribution >= 0.6 is 0 Å². The average molecular weight is 286 g/mol. The largest absolute Gasteiger partial charge is 0.494 e. The highest BCUT2D eigenvalue weighted by atomic mass is 16.5. The van der Waals surface area contributed by atoms with Crippen molar-refractivity contribution in [2.24, 2.45) is 5.10 Å². The molecular formula is C16H18N2O3. The van der Waals surface area contributed by atoms with Gasteiger partial charge in [0, 0.05) is 6.42 Å². The number of nitrogens with zero attached hydrogens (tertiary/aromatic N) is 1. The highest BCUT2D eigenvalue weighted by molar-refractivity contribution is 5.84. The Bertz CT molecular complexity index is 576. The Balaban J connectivity index is 1.87. The van der Waals surface area contributed by atoms with Crippen molar-refractivity contribution in [1.29, 1.82) is 0 Å². The summed E-state index contributed by atoms with van der Waals surface area (Å²) in [7, 11) is 0. The molecule has 1 aromatic carbocycles. The molecule has 1 amide bonds. The number of aliphatic hydroxyl groups is 1. The first-order valence-electron chi connectivity index (χ1n) is 6.74. The summed E-state index contributed by atoms with van der Waals surface area (Å²) in [6.07, 6.45) is 5.04. The minimum Gasteiger partial charge on any atom is -0.494 e. The summed E-state index contributed by atoms with van der Waals surface area (Å²) in [5.41, 5.74) is 3.69. The maximum absolute atomic E-state index is 11.7. The summed E-state index contributed by atoms with van der Waals surface area (Å²) in [5.74, 6) is 0.246. The third-order valence-corrected chi connectivity index (χ3v) is 2.91. The lowest BCUT2D eigenvalue weighted by molar-refractivity contribution is -0.129. The fourth-order valence-corrected chi connectivity index (χ4v) is 1.84. The normalized spacial score (nSPS) is 16.5. The Morgan fingerprint density at radius 1 is 1.43 bits per heavy atom. The molecule has 1 heterocycles. The molecular weight excluding hydrogens is 268 g/mol. The molecule has 5 nitrogen and oxygen atoms in total. The van der Waals surface area contributed by atoms with Gasteiger partial charge in [0.2, 0.25) is 0 Å². The summed E-state index contributed by atoms with van der Waals surface area (Å²) >= 11 is 0. The van der Waals surface area contributed by atoms with Crippen LogP contribution in [-0.4, -0.2) is 23.8 Å². The molecule has 0 radical (unpaired) electrons. The van der Waals surface area contributed by atoms with Gasteiger partial charge >= 0.3 is 0 Å². The van der Waals surface area contributed by atoms with E-state index in [0.29, 0.717) is 12.2 Å². The van der Waals surface area contributed by atoms with Crippen molar-refractivity contribution in [2.75, 3.05) is 6.61 Å². The van der Waals surface area contributed by atoms with Gasteiger partial charge in [0.25, 0.3) is 5.91 Å². The monoisotopic (exact) mass is 286 g/mol. The maximum atomic E-state index is 11.7.